The summed E-state index contributed by atoms with van der Waals surface area (Å²) in [5, 5.41) is 8.80. The van der Waals surface area contributed by atoms with Gasteiger partial charge in [0.25, 0.3) is 0 Å². The molecule has 0 aliphatic rings. The van der Waals surface area contributed by atoms with E-state index in [1.165, 1.54) is 49.7 Å². The van der Waals surface area contributed by atoms with Gasteiger partial charge in [0.1, 0.15) is 5.78 Å². The molecule has 0 saturated carbocycles. The molecule has 3 N–H and O–H groups in total. The molecule has 3 heteroatoms. The van der Waals surface area contributed by atoms with E-state index in [0.717, 1.165) is 12.8 Å². The average Bonchev–Trinajstić information content (AvgIpc) is 2.57. The molecule has 0 heterocycles. The van der Waals surface area contributed by atoms with Crippen molar-refractivity contribution in [3.8, 4) is 0 Å². The molecule has 1 aromatic rings. The molecule has 0 unspecified atom stereocenters. The van der Waals surface area contributed by atoms with E-state index in [2.05, 4.69) is 31.2 Å². The quantitative estimate of drug-likeness (QED) is 0.544. The monoisotopic (exact) mass is 319 g/mol. The summed E-state index contributed by atoms with van der Waals surface area (Å²) in [6.07, 6.45) is 10.6. The molecule has 0 amide bonds. The summed E-state index contributed by atoms with van der Waals surface area (Å²) < 4.78 is 0. The van der Waals surface area contributed by atoms with Crippen molar-refractivity contribution in [3.05, 3.63) is 35.4 Å². The summed E-state index contributed by atoms with van der Waals surface area (Å²) in [5.41, 5.74) is 8.27. The predicted octanol–water partition coefficient (Wildman–Crippen LogP) is 3.80. The number of carbonyl (C=O) groups is 1. The summed E-state index contributed by atoms with van der Waals surface area (Å²) in [7, 11) is 0. The van der Waals surface area contributed by atoms with Gasteiger partial charge < -0.3 is 10.8 Å². The Labute approximate surface area is 141 Å². The van der Waals surface area contributed by atoms with Crippen LogP contribution in [-0.4, -0.2) is 23.5 Å². The van der Waals surface area contributed by atoms with E-state index in [0.29, 0.717) is 12.8 Å². The van der Waals surface area contributed by atoms with Gasteiger partial charge in [-0.15, -0.1) is 0 Å². The van der Waals surface area contributed by atoms with E-state index in [1.807, 2.05) is 0 Å². The van der Waals surface area contributed by atoms with Crippen LogP contribution in [0, 0.1) is 0 Å². The number of unbranched alkanes of at least 4 members (excludes halogenated alkanes) is 5. The maximum Gasteiger partial charge on any atom is 0.149 e. The summed E-state index contributed by atoms with van der Waals surface area (Å²) in [6.45, 7) is 2.22. The molecule has 0 aromatic heterocycles. The summed E-state index contributed by atoms with van der Waals surface area (Å²) in [4.78, 5) is 11.8. The van der Waals surface area contributed by atoms with E-state index >= 15 is 0 Å². The lowest BCUT2D eigenvalue weighted by atomic mass is 10.00. The Morgan fingerprint density at radius 2 is 1.57 bits per heavy atom. The number of rotatable bonds is 13. The van der Waals surface area contributed by atoms with Crippen LogP contribution in [0.5, 0.6) is 0 Å². The van der Waals surface area contributed by atoms with E-state index in [4.69, 9.17) is 10.8 Å². The maximum atomic E-state index is 11.8. The van der Waals surface area contributed by atoms with Gasteiger partial charge in [0.15, 0.2) is 0 Å². The lowest BCUT2D eigenvalue weighted by Crippen LogP contribution is -2.31. The lowest BCUT2D eigenvalue weighted by molar-refractivity contribution is -0.120. The summed E-state index contributed by atoms with van der Waals surface area (Å²) in [5.74, 6) is 0.0372. The van der Waals surface area contributed by atoms with Gasteiger partial charge in [0.05, 0.1) is 6.04 Å². The fourth-order valence-electron chi connectivity index (χ4n) is 2.74. The number of hydrogen-bond acceptors (Lipinski definition) is 3. The standard InChI is InChI=1S/C20H33NO2/c1-2-3-4-5-6-7-8-17-9-11-18(12-10-17)13-14-20(23)19(21)15-16-22/h9-12,19,22H,2-8,13-16,21H2,1H3/t19-/m0/s1. The van der Waals surface area contributed by atoms with Crippen molar-refractivity contribution in [2.75, 3.05) is 6.61 Å². The van der Waals surface area contributed by atoms with Crippen molar-refractivity contribution in [1.29, 1.82) is 0 Å². The fourth-order valence-corrected chi connectivity index (χ4v) is 2.74. The van der Waals surface area contributed by atoms with Gasteiger partial charge >= 0.3 is 0 Å². The molecule has 1 aromatic carbocycles. The number of ketones is 1. The minimum atomic E-state index is -0.521. The molecule has 0 radical (unpaired) electrons. The predicted molar refractivity (Wildman–Crippen MR) is 96.5 cm³/mol. The molecule has 1 rings (SSSR count). The zero-order chi connectivity index (χ0) is 16.9. The first-order valence-electron chi connectivity index (χ1n) is 9.14. The highest BCUT2D eigenvalue weighted by molar-refractivity contribution is 5.83. The van der Waals surface area contributed by atoms with Gasteiger partial charge in [0, 0.05) is 13.0 Å². The Morgan fingerprint density at radius 3 is 2.17 bits per heavy atom. The average molecular weight is 319 g/mol. The second-order valence-corrected chi connectivity index (χ2v) is 6.42. The third-order valence-electron chi connectivity index (χ3n) is 4.36. The van der Waals surface area contributed by atoms with Crippen LogP contribution in [0.2, 0.25) is 0 Å². The van der Waals surface area contributed by atoms with E-state index in [9.17, 15) is 4.79 Å². The van der Waals surface area contributed by atoms with Crippen molar-refractivity contribution in [2.45, 2.75) is 77.2 Å². The highest BCUT2D eigenvalue weighted by atomic mass is 16.3. The molecule has 0 bridgehead atoms. The van der Waals surface area contributed by atoms with Crippen LogP contribution in [0.4, 0.5) is 0 Å². The van der Waals surface area contributed by atoms with E-state index in [1.54, 1.807) is 0 Å². The molecule has 1 atom stereocenters. The molecule has 0 aliphatic carbocycles. The van der Waals surface area contributed by atoms with Crippen molar-refractivity contribution in [2.24, 2.45) is 5.73 Å². The minimum Gasteiger partial charge on any atom is -0.396 e. The SMILES string of the molecule is CCCCCCCCc1ccc(CCC(=O)[C@@H](N)CCO)cc1. The smallest absolute Gasteiger partial charge is 0.149 e. The fraction of sp³-hybridized carbons (Fsp3) is 0.650. The van der Waals surface area contributed by atoms with Crippen LogP contribution in [0.25, 0.3) is 0 Å². The molecule has 0 saturated heterocycles. The highest BCUT2D eigenvalue weighted by Gasteiger charge is 2.12. The van der Waals surface area contributed by atoms with Crippen molar-refractivity contribution >= 4 is 5.78 Å². The largest absolute Gasteiger partial charge is 0.396 e. The van der Waals surface area contributed by atoms with Crippen molar-refractivity contribution in [3.63, 3.8) is 0 Å². The maximum absolute atomic E-state index is 11.8. The normalized spacial score (nSPS) is 12.3. The van der Waals surface area contributed by atoms with Gasteiger partial charge in [0.2, 0.25) is 0 Å². The van der Waals surface area contributed by atoms with Crippen molar-refractivity contribution < 1.29 is 9.90 Å². The van der Waals surface area contributed by atoms with E-state index < -0.39 is 6.04 Å². The summed E-state index contributed by atoms with van der Waals surface area (Å²) >= 11 is 0. The van der Waals surface area contributed by atoms with Crippen LogP contribution in [0.1, 0.15) is 69.4 Å². The highest BCUT2D eigenvalue weighted by Crippen LogP contribution is 2.12. The van der Waals surface area contributed by atoms with Gasteiger partial charge in [-0.2, -0.15) is 0 Å². The zero-order valence-corrected chi connectivity index (χ0v) is 14.6. The van der Waals surface area contributed by atoms with Gasteiger partial charge in [-0.05, 0) is 36.8 Å². The number of hydrogen-bond donors (Lipinski definition) is 2. The van der Waals surface area contributed by atoms with Crippen LogP contribution >= 0.6 is 0 Å². The first kappa shape index (κ1) is 19.9. The second-order valence-electron chi connectivity index (χ2n) is 6.42. The molecule has 130 valence electrons. The third-order valence-corrected chi connectivity index (χ3v) is 4.36. The summed E-state index contributed by atoms with van der Waals surface area (Å²) in [6, 6.07) is 8.08. The number of aliphatic hydroxyl groups excluding tert-OH is 1. The number of carbonyl (C=O) groups excluding carboxylic acids is 1. The first-order valence-corrected chi connectivity index (χ1v) is 9.14. The number of Topliss-reactive ketones (excluding diaryl/α,β-unsaturated/α-hetero) is 1. The zero-order valence-electron chi connectivity index (χ0n) is 14.6. The van der Waals surface area contributed by atoms with Crippen LogP contribution in [0.15, 0.2) is 24.3 Å². The van der Waals surface area contributed by atoms with Crippen LogP contribution in [-0.2, 0) is 17.6 Å². The molecule has 0 aliphatic heterocycles. The minimum absolute atomic E-state index is 0.0277. The number of nitrogens with two attached hydrogens (primary N) is 1. The van der Waals surface area contributed by atoms with Gasteiger partial charge in [-0.1, -0.05) is 63.3 Å². The Kier molecular flexibility index (Phi) is 10.6. The molecule has 3 nitrogen and oxygen atoms in total. The Morgan fingerprint density at radius 1 is 1.00 bits per heavy atom. The van der Waals surface area contributed by atoms with Crippen LogP contribution < -0.4 is 5.73 Å². The number of aryl methyl sites for hydroxylation is 2. The molecule has 23 heavy (non-hydrogen) atoms. The molecule has 0 fully saturated rings. The van der Waals surface area contributed by atoms with Gasteiger partial charge in [-0.25, -0.2) is 0 Å². The molecule has 0 spiro atoms. The molecular formula is C20H33NO2. The van der Waals surface area contributed by atoms with Gasteiger partial charge in [-0.3, -0.25) is 4.79 Å². The Balaban J connectivity index is 2.24. The Hall–Kier alpha value is -1.19. The van der Waals surface area contributed by atoms with E-state index in [-0.39, 0.29) is 12.4 Å². The molecular weight excluding hydrogens is 286 g/mol. The lowest BCUT2D eigenvalue weighted by Gasteiger charge is -2.09. The van der Waals surface area contributed by atoms with Crippen LogP contribution in [0.3, 0.4) is 0 Å². The number of aliphatic hydroxyl groups is 1. The van der Waals surface area contributed by atoms with Crippen molar-refractivity contribution in [1.82, 2.24) is 0 Å². The number of benzene rings is 1. The third kappa shape index (κ3) is 8.87. The topological polar surface area (TPSA) is 63.3 Å². The second kappa shape index (κ2) is 12.3. The first-order chi connectivity index (χ1) is 11.2. The Bertz CT molecular complexity index is 428.